The molecule has 1 aromatic rings. The number of benzene rings is 1. The first-order valence-corrected chi connectivity index (χ1v) is 4.47. The molecule has 0 fully saturated rings. The maximum Gasteiger partial charge on any atom is 0.122 e. The van der Waals surface area contributed by atoms with Crippen LogP contribution in [0.3, 0.4) is 0 Å². The van der Waals surface area contributed by atoms with Gasteiger partial charge < -0.3 is 5.32 Å². The van der Waals surface area contributed by atoms with Crippen molar-refractivity contribution in [3.05, 3.63) is 29.8 Å². The second-order valence-electron chi connectivity index (χ2n) is 3.89. The third kappa shape index (κ3) is 3.45. The molecular formula is C11H16FN. The number of hydrogen-bond acceptors (Lipinski definition) is 1. The van der Waals surface area contributed by atoms with Crippen molar-refractivity contribution in [1.29, 1.82) is 0 Å². The summed E-state index contributed by atoms with van der Waals surface area (Å²) in [7, 11) is 0. The van der Waals surface area contributed by atoms with Crippen molar-refractivity contribution >= 4 is 5.69 Å². The van der Waals surface area contributed by atoms with Crippen molar-refractivity contribution in [2.24, 2.45) is 0 Å². The van der Waals surface area contributed by atoms with Crippen molar-refractivity contribution in [2.75, 3.05) is 11.9 Å². The Morgan fingerprint density at radius 2 is 1.92 bits per heavy atom. The van der Waals surface area contributed by atoms with E-state index < -0.39 is 5.67 Å². The second kappa shape index (κ2) is 3.77. The van der Waals surface area contributed by atoms with E-state index >= 15 is 0 Å². The second-order valence-corrected chi connectivity index (χ2v) is 3.89. The van der Waals surface area contributed by atoms with Gasteiger partial charge in [0.05, 0.1) is 0 Å². The van der Waals surface area contributed by atoms with Gasteiger partial charge in [-0.25, -0.2) is 4.39 Å². The zero-order valence-corrected chi connectivity index (χ0v) is 8.39. The number of rotatable bonds is 3. The molecule has 2 heteroatoms. The first-order chi connectivity index (χ1) is 5.99. The molecule has 0 atom stereocenters. The van der Waals surface area contributed by atoms with Crippen LogP contribution < -0.4 is 5.32 Å². The summed E-state index contributed by atoms with van der Waals surface area (Å²) >= 11 is 0. The van der Waals surface area contributed by atoms with E-state index in [4.69, 9.17) is 0 Å². The van der Waals surface area contributed by atoms with Crippen molar-refractivity contribution in [1.82, 2.24) is 0 Å². The van der Waals surface area contributed by atoms with Crippen molar-refractivity contribution < 1.29 is 4.39 Å². The Labute approximate surface area is 79.0 Å². The lowest BCUT2D eigenvalue weighted by molar-refractivity contribution is 0.235. The molecule has 0 aliphatic rings. The molecule has 0 saturated carbocycles. The van der Waals surface area contributed by atoms with Crippen LogP contribution in [0.1, 0.15) is 19.4 Å². The van der Waals surface area contributed by atoms with E-state index in [2.05, 4.69) is 5.32 Å². The fourth-order valence-electron chi connectivity index (χ4n) is 1.08. The minimum Gasteiger partial charge on any atom is -0.382 e. The van der Waals surface area contributed by atoms with Gasteiger partial charge in [0.1, 0.15) is 5.67 Å². The van der Waals surface area contributed by atoms with E-state index in [1.165, 1.54) is 0 Å². The van der Waals surface area contributed by atoms with E-state index in [1.807, 2.05) is 31.2 Å². The predicted molar refractivity (Wildman–Crippen MR) is 54.9 cm³/mol. The first-order valence-electron chi connectivity index (χ1n) is 4.47. The average molecular weight is 181 g/mol. The van der Waals surface area contributed by atoms with Gasteiger partial charge in [0, 0.05) is 12.2 Å². The predicted octanol–water partition coefficient (Wildman–Crippen LogP) is 3.16. The highest BCUT2D eigenvalue weighted by molar-refractivity contribution is 5.50. The van der Waals surface area contributed by atoms with Crippen molar-refractivity contribution in [3.8, 4) is 0 Å². The number of hydrogen-bond donors (Lipinski definition) is 1. The Balaban J connectivity index is 2.60. The Kier molecular flexibility index (Phi) is 2.91. The van der Waals surface area contributed by atoms with Gasteiger partial charge in [0.2, 0.25) is 0 Å². The normalized spacial score (nSPS) is 11.4. The van der Waals surface area contributed by atoms with E-state index in [1.54, 1.807) is 13.8 Å². The first kappa shape index (κ1) is 10.0. The van der Waals surface area contributed by atoms with Gasteiger partial charge in [-0.3, -0.25) is 0 Å². The molecule has 72 valence electrons. The summed E-state index contributed by atoms with van der Waals surface area (Å²) in [5, 5.41) is 3.08. The molecule has 0 aliphatic carbocycles. The van der Waals surface area contributed by atoms with Gasteiger partial charge in [0.25, 0.3) is 0 Å². The number of nitrogens with one attached hydrogen (secondary N) is 1. The number of alkyl halides is 1. The quantitative estimate of drug-likeness (QED) is 0.755. The molecule has 1 rings (SSSR count). The molecule has 0 heterocycles. The van der Waals surface area contributed by atoms with Crippen molar-refractivity contribution in [3.63, 3.8) is 0 Å². The molecule has 0 amide bonds. The third-order valence-corrected chi connectivity index (χ3v) is 1.84. The van der Waals surface area contributed by atoms with Crippen LogP contribution in [0.2, 0.25) is 0 Å². The van der Waals surface area contributed by atoms with Gasteiger partial charge in [-0.1, -0.05) is 18.2 Å². The van der Waals surface area contributed by atoms with Crippen molar-refractivity contribution in [2.45, 2.75) is 26.4 Å². The topological polar surface area (TPSA) is 12.0 Å². The molecule has 0 saturated heterocycles. The molecule has 0 radical (unpaired) electrons. The maximum absolute atomic E-state index is 13.1. The summed E-state index contributed by atoms with van der Waals surface area (Å²) < 4.78 is 13.1. The van der Waals surface area contributed by atoms with Crippen LogP contribution in [0.25, 0.3) is 0 Å². The lowest BCUT2D eigenvalue weighted by Crippen LogP contribution is -2.24. The van der Waals surface area contributed by atoms with Crippen LogP contribution in [0, 0.1) is 6.92 Å². The fraction of sp³-hybridized carbons (Fsp3) is 0.455. The highest BCUT2D eigenvalue weighted by Crippen LogP contribution is 2.15. The number of halogens is 1. The van der Waals surface area contributed by atoms with Gasteiger partial charge in [-0.15, -0.1) is 0 Å². The van der Waals surface area contributed by atoms with Crippen LogP contribution in [0.5, 0.6) is 0 Å². The molecule has 0 unspecified atom stereocenters. The molecule has 0 spiro atoms. The highest BCUT2D eigenvalue weighted by Gasteiger charge is 2.14. The monoisotopic (exact) mass is 181 g/mol. The Bertz CT molecular complexity index is 276. The summed E-state index contributed by atoms with van der Waals surface area (Å²) in [6.07, 6.45) is 0. The molecule has 0 aliphatic heterocycles. The lowest BCUT2D eigenvalue weighted by atomic mass is 10.1. The van der Waals surface area contributed by atoms with E-state index in [0.717, 1.165) is 11.3 Å². The summed E-state index contributed by atoms with van der Waals surface area (Å²) in [5.74, 6) is 0. The third-order valence-electron chi connectivity index (χ3n) is 1.84. The SMILES string of the molecule is Cc1ccccc1NCC(C)(C)F. The molecule has 0 aromatic heterocycles. The zero-order valence-electron chi connectivity index (χ0n) is 8.39. The number of aryl methyl sites for hydroxylation is 1. The van der Waals surface area contributed by atoms with Gasteiger partial charge >= 0.3 is 0 Å². The average Bonchev–Trinajstić information content (AvgIpc) is 2.01. The minimum absolute atomic E-state index is 0.345. The summed E-state index contributed by atoms with van der Waals surface area (Å²) in [5.41, 5.74) is 0.988. The van der Waals surface area contributed by atoms with E-state index in [9.17, 15) is 4.39 Å². The molecule has 1 nitrogen and oxygen atoms in total. The Hall–Kier alpha value is -1.05. The van der Waals surface area contributed by atoms with Gasteiger partial charge in [0.15, 0.2) is 0 Å². The Morgan fingerprint density at radius 1 is 1.31 bits per heavy atom. The molecule has 1 aromatic carbocycles. The summed E-state index contributed by atoms with van der Waals surface area (Å²) in [6, 6.07) is 7.89. The number of anilines is 1. The van der Waals surface area contributed by atoms with Crippen LogP contribution in [0.15, 0.2) is 24.3 Å². The maximum atomic E-state index is 13.1. The molecule has 0 bridgehead atoms. The summed E-state index contributed by atoms with van der Waals surface area (Å²) in [6.45, 7) is 5.49. The standard InChI is InChI=1S/C11H16FN/c1-9-6-4-5-7-10(9)13-8-11(2,3)12/h4-7,13H,8H2,1-3H3. The number of para-hydroxylation sites is 1. The van der Waals surface area contributed by atoms with Gasteiger partial charge in [-0.05, 0) is 32.4 Å². The largest absolute Gasteiger partial charge is 0.382 e. The van der Waals surface area contributed by atoms with E-state index in [-0.39, 0.29) is 0 Å². The molecular weight excluding hydrogens is 165 g/mol. The van der Waals surface area contributed by atoms with Crippen LogP contribution in [-0.4, -0.2) is 12.2 Å². The minimum atomic E-state index is -1.16. The molecule has 13 heavy (non-hydrogen) atoms. The smallest absolute Gasteiger partial charge is 0.122 e. The van der Waals surface area contributed by atoms with E-state index in [0.29, 0.717) is 6.54 Å². The van der Waals surface area contributed by atoms with Crippen LogP contribution in [-0.2, 0) is 0 Å². The summed E-state index contributed by atoms with van der Waals surface area (Å²) in [4.78, 5) is 0. The fourth-order valence-corrected chi connectivity index (χ4v) is 1.08. The zero-order chi connectivity index (χ0) is 9.90. The van der Waals surface area contributed by atoms with Gasteiger partial charge in [-0.2, -0.15) is 0 Å². The van der Waals surface area contributed by atoms with Crippen LogP contribution in [0.4, 0.5) is 10.1 Å². The lowest BCUT2D eigenvalue weighted by Gasteiger charge is -2.16. The highest BCUT2D eigenvalue weighted by atomic mass is 19.1. The Morgan fingerprint density at radius 3 is 2.46 bits per heavy atom. The molecule has 1 N–H and O–H groups in total. The van der Waals surface area contributed by atoms with Crippen LogP contribution >= 0.6 is 0 Å².